The molecule has 0 spiro atoms. The molecular formula is C10H10F4N2O3. The molecule has 19 heavy (non-hydrogen) atoms. The zero-order valence-corrected chi connectivity index (χ0v) is 9.45. The van der Waals surface area contributed by atoms with Gasteiger partial charge in [-0.3, -0.25) is 10.1 Å². The molecule has 2 N–H and O–H groups in total. The fourth-order valence-corrected chi connectivity index (χ4v) is 1.29. The molecule has 0 saturated heterocycles. The molecule has 0 aliphatic rings. The molecule has 0 amide bonds. The van der Waals surface area contributed by atoms with Gasteiger partial charge in [0.2, 0.25) is 0 Å². The summed E-state index contributed by atoms with van der Waals surface area (Å²) < 4.78 is 50.9. The van der Waals surface area contributed by atoms with Gasteiger partial charge in [0.1, 0.15) is 6.61 Å². The van der Waals surface area contributed by atoms with E-state index in [1.165, 1.54) is 0 Å². The molecule has 1 rings (SSSR count). The van der Waals surface area contributed by atoms with Crippen LogP contribution < -0.4 is 5.32 Å². The van der Waals surface area contributed by atoms with Crippen LogP contribution in [0.25, 0.3) is 0 Å². The Morgan fingerprint density at radius 3 is 2.53 bits per heavy atom. The topological polar surface area (TPSA) is 75.4 Å². The average molecular weight is 282 g/mol. The Morgan fingerprint density at radius 1 is 1.42 bits per heavy atom. The fourth-order valence-electron chi connectivity index (χ4n) is 1.29. The number of nitro benzene ring substituents is 1. The maximum Gasteiger partial charge on any atom is 0.287 e. The standard InChI is InChI=1S/C10H10F4N2O3/c11-9(12)7-3-6(16(18)19)1-2-8(7)15-4-10(13,14)5-17/h1-3,9,15,17H,4-5H2. The number of non-ortho nitro benzene ring substituents is 1. The molecule has 1 aromatic rings. The Balaban J connectivity index is 2.97. The van der Waals surface area contributed by atoms with Crippen molar-refractivity contribution in [1.29, 1.82) is 0 Å². The third-order valence-electron chi connectivity index (χ3n) is 2.25. The average Bonchev–Trinajstić information content (AvgIpc) is 2.36. The maximum absolute atomic E-state index is 12.8. The van der Waals surface area contributed by atoms with Crippen molar-refractivity contribution in [2.45, 2.75) is 12.3 Å². The van der Waals surface area contributed by atoms with E-state index >= 15 is 0 Å². The zero-order valence-electron chi connectivity index (χ0n) is 9.45. The molecule has 5 nitrogen and oxygen atoms in total. The number of nitrogens with zero attached hydrogens (tertiary/aromatic N) is 1. The van der Waals surface area contributed by atoms with Gasteiger partial charge in [-0.05, 0) is 6.07 Å². The second-order valence-electron chi connectivity index (χ2n) is 3.70. The molecule has 0 aliphatic heterocycles. The van der Waals surface area contributed by atoms with E-state index in [2.05, 4.69) is 0 Å². The van der Waals surface area contributed by atoms with Crippen LogP contribution in [0, 0.1) is 10.1 Å². The van der Waals surface area contributed by atoms with Crippen molar-refractivity contribution in [3.63, 3.8) is 0 Å². The summed E-state index contributed by atoms with van der Waals surface area (Å²) in [5.41, 5.74) is -1.65. The van der Waals surface area contributed by atoms with Crippen LogP contribution in [-0.2, 0) is 0 Å². The third kappa shape index (κ3) is 4.05. The Kier molecular flexibility index (Phi) is 4.65. The Hall–Kier alpha value is -1.90. The van der Waals surface area contributed by atoms with Crippen LogP contribution in [0.1, 0.15) is 12.0 Å². The number of hydrogen-bond acceptors (Lipinski definition) is 4. The number of aliphatic hydroxyl groups excluding tert-OH is 1. The predicted octanol–water partition coefficient (Wildman–Crippen LogP) is 2.57. The Morgan fingerprint density at radius 2 is 2.05 bits per heavy atom. The van der Waals surface area contributed by atoms with Gasteiger partial charge in [0.15, 0.2) is 0 Å². The molecule has 9 heteroatoms. The molecule has 0 bridgehead atoms. The number of nitro groups is 1. The molecule has 0 unspecified atom stereocenters. The van der Waals surface area contributed by atoms with Gasteiger partial charge < -0.3 is 10.4 Å². The number of alkyl halides is 4. The van der Waals surface area contributed by atoms with Gasteiger partial charge in [0, 0.05) is 23.4 Å². The highest BCUT2D eigenvalue weighted by molar-refractivity contribution is 5.56. The first-order valence-corrected chi connectivity index (χ1v) is 5.06. The van der Waals surface area contributed by atoms with Gasteiger partial charge in [0.25, 0.3) is 18.0 Å². The molecule has 0 heterocycles. The lowest BCUT2D eigenvalue weighted by Gasteiger charge is -2.16. The van der Waals surface area contributed by atoms with Gasteiger partial charge in [0.05, 0.1) is 11.5 Å². The summed E-state index contributed by atoms with van der Waals surface area (Å²) in [6.07, 6.45) is -3.05. The normalized spacial score (nSPS) is 11.7. The van der Waals surface area contributed by atoms with E-state index in [1.54, 1.807) is 0 Å². The number of benzene rings is 1. The number of aliphatic hydroxyl groups is 1. The minimum atomic E-state index is -3.47. The highest BCUT2D eigenvalue weighted by atomic mass is 19.3. The Labute approximate surface area is 105 Å². The third-order valence-corrected chi connectivity index (χ3v) is 2.25. The van der Waals surface area contributed by atoms with E-state index in [0.717, 1.165) is 12.1 Å². The van der Waals surface area contributed by atoms with Crippen LogP contribution in [0.15, 0.2) is 18.2 Å². The van der Waals surface area contributed by atoms with Gasteiger partial charge in [-0.1, -0.05) is 0 Å². The van der Waals surface area contributed by atoms with Gasteiger partial charge in [-0.15, -0.1) is 0 Å². The van der Waals surface area contributed by atoms with Crippen LogP contribution in [0.4, 0.5) is 28.9 Å². The van der Waals surface area contributed by atoms with Crippen molar-refractivity contribution in [1.82, 2.24) is 0 Å². The molecule has 1 aromatic carbocycles. The molecular weight excluding hydrogens is 272 g/mol. The molecule has 106 valence electrons. The molecule has 0 fully saturated rings. The number of nitrogens with one attached hydrogen (secondary N) is 1. The van der Waals surface area contributed by atoms with Crippen molar-refractivity contribution in [3.8, 4) is 0 Å². The predicted molar refractivity (Wildman–Crippen MR) is 58.6 cm³/mol. The molecule has 0 atom stereocenters. The summed E-state index contributed by atoms with van der Waals surface area (Å²) >= 11 is 0. The summed E-state index contributed by atoms with van der Waals surface area (Å²) in [5, 5.41) is 20.8. The fraction of sp³-hybridized carbons (Fsp3) is 0.400. The molecule has 0 radical (unpaired) electrons. The van der Waals surface area contributed by atoms with Crippen molar-refractivity contribution in [3.05, 3.63) is 33.9 Å². The lowest BCUT2D eigenvalue weighted by Crippen LogP contribution is -2.31. The largest absolute Gasteiger partial charge is 0.390 e. The van der Waals surface area contributed by atoms with Crippen LogP contribution in [-0.4, -0.2) is 29.1 Å². The smallest absolute Gasteiger partial charge is 0.287 e. The number of rotatable bonds is 6. The minimum Gasteiger partial charge on any atom is -0.390 e. The van der Waals surface area contributed by atoms with E-state index < -0.39 is 41.7 Å². The monoisotopic (exact) mass is 282 g/mol. The Bertz CT molecular complexity index is 468. The second-order valence-corrected chi connectivity index (χ2v) is 3.70. The van der Waals surface area contributed by atoms with Crippen molar-refractivity contribution >= 4 is 11.4 Å². The van der Waals surface area contributed by atoms with Crippen molar-refractivity contribution in [2.75, 3.05) is 18.5 Å². The lowest BCUT2D eigenvalue weighted by molar-refractivity contribution is -0.385. The van der Waals surface area contributed by atoms with Gasteiger partial charge in [-0.25, -0.2) is 17.6 Å². The van der Waals surface area contributed by atoms with Crippen LogP contribution in [0.3, 0.4) is 0 Å². The summed E-state index contributed by atoms with van der Waals surface area (Å²) in [4.78, 5) is 9.57. The van der Waals surface area contributed by atoms with Gasteiger partial charge >= 0.3 is 0 Å². The first kappa shape index (κ1) is 15.2. The summed E-state index contributed by atoms with van der Waals surface area (Å²) in [6.45, 7) is -2.49. The van der Waals surface area contributed by atoms with E-state index in [1.807, 2.05) is 5.32 Å². The SMILES string of the molecule is O=[N+]([O-])c1ccc(NCC(F)(F)CO)c(C(F)F)c1. The van der Waals surface area contributed by atoms with E-state index in [0.29, 0.717) is 6.07 Å². The van der Waals surface area contributed by atoms with Crippen LogP contribution in [0.2, 0.25) is 0 Å². The summed E-state index contributed by atoms with van der Waals surface area (Å²) in [6, 6.07) is 2.46. The minimum absolute atomic E-state index is 0.339. The zero-order chi connectivity index (χ0) is 14.6. The van der Waals surface area contributed by atoms with Crippen molar-refractivity contribution < 1.29 is 27.6 Å². The van der Waals surface area contributed by atoms with Crippen LogP contribution >= 0.6 is 0 Å². The molecule has 0 aromatic heterocycles. The highest BCUT2D eigenvalue weighted by Crippen LogP contribution is 2.31. The van der Waals surface area contributed by atoms with Gasteiger partial charge in [-0.2, -0.15) is 0 Å². The summed E-state index contributed by atoms with van der Waals surface area (Å²) in [5.74, 6) is -3.47. The number of anilines is 1. The van der Waals surface area contributed by atoms with E-state index in [4.69, 9.17) is 5.11 Å². The number of hydrogen-bond donors (Lipinski definition) is 2. The first-order chi connectivity index (χ1) is 8.76. The first-order valence-electron chi connectivity index (χ1n) is 5.06. The quantitative estimate of drug-likeness (QED) is 0.477. The highest BCUT2D eigenvalue weighted by Gasteiger charge is 2.28. The molecule has 0 aliphatic carbocycles. The second kappa shape index (κ2) is 5.83. The summed E-state index contributed by atoms with van der Waals surface area (Å²) in [7, 11) is 0. The molecule has 0 saturated carbocycles. The number of halogens is 4. The van der Waals surface area contributed by atoms with Crippen LogP contribution in [0.5, 0.6) is 0 Å². The maximum atomic E-state index is 12.8. The van der Waals surface area contributed by atoms with E-state index in [9.17, 15) is 27.7 Å². The lowest BCUT2D eigenvalue weighted by atomic mass is 10.1. The van der Waals surface area contributed by atoms with E-state index in [-0.39, 0.29) is 5.69 Å². The van der Waals surface area contributed by atoms with Crippen molar-refractivity contribution in [2.24, 2.45) is 0 Å².